The van der Waals surface area contributed by atoms with Crippen LogP contribution in [0.3, 0.4) is 0 Å². The van der Waals surface area contributed by atoms with Gasteiger partial charge in [0.15, 0.2) is 11.5 Å². The van der Waals surface area contributed by atoms with Gasteiger partial charge in [0.1, 0.15) is 12.4 Å². The maximum atomic E-state index is 13.3. The Hall–Kier alpha value is -3.07. The van der Waals surface area contributed by atoms with E-state index >= 15 is 0 Å². The van der Waals surface area contributed by atoms with Crippen molar-refractivity contribution in [2.75, 3.05) is 14.2 Å². The molecule has 0 aliphatic heterocycles. The minimum Gasteiger partial charge on any atom is -0.493 e. The van der Waals surface area contributed by atoms with E-state index in [9.17, 15) is 4.79 Å². The molecule has 0 aliphatic carbocycles. The summed E-state index contributed by atoms with van der Waals surface area (Å²) in [5, 5.41) is 6.01. The third-order valence-corrected chi connectivity index (χ3v) is 6.62. The molecule has 0 N–H and O–H groups in total. The van der Waals surface area contributed by atoms with Crippen LogP contribution >= 0.6 is 39.1 Å². The van der Waals surface area contributed by atoms with Gasteiger partial charge in [0.05, 0.1) is 31.3 Å². The lowest BCUT2D eigenvalue weighted by molar-refractivity contribution is 0.266. The van der Waals surface area contributed by atoms with Gasteiger partial charge in [-0.1, -0.05) is 52.1 Å². The molecule has 0 spiro atoms. The highest BCUT2D eigenvalue weighted by Gasteiger charge is 2.16. The number of aryl methyl sites for hydroxylation is 1. The largest absolute Gasteiger partial charge is 0.493 e. The monoisotopic (exact) mass is 603 g/mol. The second-order valence-electron chi connectivity index (χ2n) is 8.08. The fourth-order valence-electron chi connectivity index (χ4n) is 3.73. The molecular weight excluding hydrogens is 581 g/mol. The maximum absolute atomic E-state index is 13.3. The predicted octanol–water partition coefficient (Wildman–Crippen LogP) is 6.90. The van der Waals surface area contributed by atoms with Crippen LogP contribution in [0.1, 0.15) is 30.3 Å². The van der Waals surface area contributed by atoms with Crippen LogP contribution in [0, 0.1) is 0 Å². The molecule has 10 heteroatoms. The highest BCUT2D eigenvalue weighted by Crippen LogP contribution is 2.39. The standard InChI is InChI=1S/C27H24BrCl2N3O4/c1-4-5-25-32-22-9-7-18(28)12-20(22)27(34)33(25)31-14-16-10-23(35-2)26(24(11-16)36-3)37-15-17-6-8-19(29)13-21(17)30/h6-14H,4-5,15H2,1-3H3. The lowest BCUT2D eigenvalue weighted by atomic mass is 10.2. The zero-order valence-electron chi connectivity index (χ0n) is 20.4. The molecular formula is C27H24BrCl2N3O4. The summed E-state index contributed by atoms with van der Waals surface area (Å²) in [5.74, 6) is 1.87. The van der Waals surface area contributed by atoms with Crippen molar-refractivity contribution in [2.24, 2.45) is 5.10 Å². The summed E-state index contributed by atoms with van der Waals surface area (Å²) < 4.78 is 19.3. The molecule has 1 heterocycles. The molecule has 1 aromatic heterocycles. The van der Waals surface area contributed by atoms with Crippen molar-refractivity contribution in [1.29, 1.82) is 0 Å². The van der Waals surface area contributed by atoms with Gasteiger partial charge in [0.2, 0.25) is 5.75 Å². The van der Waals surface area contributed by atoms with Crippen LogP contribution < -0.4 is 19.8 Å². The van der Waals surface area contributed by atoms with E-state index in [2.05, 4.69) is 26.0 Å². The van der Waals surface area contributed by atoms with E-state index in [1.807, 2.05) is 19.1 Å². The number of rotatable bonds is 9. The summed E-state index contributed by atoms with van der Waals surface area (Å²) in [7, 11) is 3.07. The van der Waals surface area contributed by atoms with Gasteiger partial charge < -0.3 is 14.2 Å². The molecule has 0 aliphatic rings. The van der Waals surface area contributed by atoms with E-state index in [4.69, 9.17) is 37.4 Å². The van der Waals surface area contributed by atoms with Crippen LogP contribution in [0.4, 0.5) is 0 Å². The van der Waals surface area contributed by atoms with Gasteiger partial charge in [-0.2, -0.15) is 9.78 Å². The van der Waals surface area contributed by atoms with E-state index in [-0.39, 0.29) is 12.2 Å². The van der Waals surface area contributed by atoms with E-state index < -0.39 is 0 Å². The first kappa shape index (κ1) is 27.0. The van der Waals surface area contributed by atoms with E-state index in [1.165, 1.54) is 18.9 Å². The van der Waals surface area contributed by atoms with Gasteiger partial charge >= 0.3 is 0 Å². The summed E-state index contributed by atoms with van der Waals surface area (Å²) in [6, 6.07) is 14.1. The fraction of sp³-hybridized carbons (Fsp3) is 0.222. The molecule has 0 atom stereocenters. The summed E-state index contributed by atoms with van der Waals surface area (Å²) in [6.45, 7) is 2.21. The molecule has 37 heavy (non-hydrogen) atoms. The Morgan fingerprint density at radius 3 is 2.43 bits per heavy atom. The topological polar surface area (TPSA) is 74.9 Å². The lowest BCUT2D eigenvalue weighted by Gasteiger charge is -2.16. The van der Waals surface area contributed by atoms with Crippen LogP contribution in [0.2, 0.25) is 10.0 Å². The van der Waals surface area contributed by atoms with Crippen molar-refractivity contribution < 1.29 is 14.2 Å². The number of ether oxygens (including phenoxy) is 3. The van der Waals surface area contributed by atoms with Gasteiger partial charge in [0, 0.05) is 32.1 Å². The Morgan fingerprint density at radius 2 is 1.78 bits per heavy atom. The highest BCUT2D eigenvalue weighted by atomic mass is 79.9. The fourth-order valence-corrected chi connectivity index (χ4v) is 4.55. The molecule has 192 valence electrons. The first-order valence-corrected chi connectivity index (χ1v) is 13.0. The number of hydrogen-bond acceptors (Lipinski definition) is 6. The Morgan fingerprint density at radius 1 is 1.05 bits per heavy atom. The Kier molecular flexibility index (Phi) is 8.74. The number of methoxy groups -OCH3 is 2. The van der Waals surface area contributed by atoms with Crippen molar-refractivity contribution in [1.82, 2.24) is 9.66 Å². The summed E-state index contributed by atoms with van der Waals surface area (Å²) in [6.07, 6.45) is 2.98. The molecule has 0 saturated heterocycles. The molecule has 0 fully saturated rings. The minimum atomic E-state index is -0.246. The van der Waals surface area contributed by atoms with Crippen LogP contribution in [0.15, 0.2) is 62.9 Å². The molecule has 4 rings (SSSR count). The molecule has 0 radical (unpaired) electrons. The van der Waals surface area contributed by atoms with Crippen LogP contribution in [-0.4, -0.2) is 30.1 Å². The van der Waals surface area contributed by atoms with Crippen LogP contribution in [-0.2, 0) is 13.0 Å². The highest BCUT2D eigenvalue weighted by molar-refractivity contribution is 9.10. The average Bonchev–Trinajstić information content (AvgIpc) is 2.88. The number of benzene rings is 3. The molecule has 0 unspecified atom stereocenters. The van der Waals surface area contributed by atoms with Gasteiger partial charge in [-0.05, 0) is 48.9 Å². The van der Waals surface area contributed by atoms with Gasteiger partial charge in [0.25, 0.3) is 5.56 Å². The number of hydrogen-bond donors (Lipinski definition) is 0. The third-order valence-electron chi connectivity index (χ3n) is 5.54. The Labute approximate surface area is 232 Å². The number of nitrogens with zero attached hydrogens (tertiary/aromatic N) is 3. The SMILES string of the molecule is CCCc1nc2ccc(Br)cc2c(=O)n1N=Cc1cc(OC)c(OCc2ccc(Cl)cc2Cl)c(OC)c1. The molecule has 0 amide bonds. The van der Waals surface area contributed by atoms with Gasteiger partial charge in [-0.3, -0.25) is 4.79 Å². The number of aromatic nitrogens is 2. The first-order chi connectivity index (χ1) is 17.8. The van der Waals surface area contributed by atoms with Crippen molar-refractivity contribution in [2.45, 2.75) is 26.4 Å². The summed E-state index contributed by atoms with van der Waals surface area (Å²) in [4.78, 5) is 17.9. The molecule has 4 aromatic rings. The number of halogens is 3. The lowest BCUT2D eigenvalue weighted by Crippen LogP contribution is -2.22. The third kappa shape index (κ3) is 6.09. The van der Waals surface area contributed by atoms with Crippen molar-refractivity contribution in [3.8, 4) is 17.2 Å². The predicted molar refractivity (Wildman–Crippen MR) is 151 cm³/mol. The summed E-state index contributed by atoms with van der Waals surface area (Å²) >= 11 is 15.7. The number of fused-ring (bicyclic) bond motifs is 1. The Balaban J connectivity index is 1.70. The van der Waals surface area contributed by atoms with E-state index in [0.717, 1.165) is 16.5 Å². The molecule has 7 nitrogen and oxygen atoms in total. The maximum Gasteiger partial charge on any atom is 0.282 e. The average molecular weight is 605 g/mol. The minimum absolute atomic E-state index is 0.185. The Bertz CT molecular complexity index is 1510. The van der Waals surface area contributed by atoms with Crippen LogP contribution in [0.25, 0.3) is 10.9 Å². The molecule has 0 bridgehead atoms. The zero-order valence-corrected chi connectivity index (χ0v) is 23.5. The normalized spacial score (nSPS) is 11.3. The van der Waals surface area contributed by atoms with Gasteiger partial charge in [-0.25, -0.2) is 4.98 Å². The van der Waals surface area contributed by atoms with Crippen LogP contribution in [0.5, 0.6) is 17.2 Å². The van der Waals surface area contributed by atoms with Crippen molar-refractivity contribution >= 4 is 56.2 Å². The van der Waals surface area contributed by atoms with Gasteiger partial charge in [-0.15, -0.1) is 0 Å². The second-order valence-corrected chi connectivity index (χ2v) is 9.84. The van der Waals surface area contributed by atoms with E-state index in [0.29, 0.717) is 56.0 Å². The molecule has 3 aromatic carbocycles. The van der Waals surface area contributed by atoms with Crippen molar-refractivity contribution in [3.63, 3.8) is 0 Å². The van der Waals surface area contributed by atoms with Crippen molar-refractivity contribution in [3.05, 3.63) is 90.4 Å². The first-order valence-electron chi connectivity index (χ1n) is 11.4. The zero-order chi connectivity index (χ0) is 26.5. The quantitative estimate of drug-likeness (QED) is 0.194. The molecule has 0 saturated carbocycles. The summed E-state index contributed by atoms with van der Waals surface area (Å²) in [5.41, 5.74) is 1.80. The van der Waals surface area contributed by atoms with E-state index in [1.54, 1.807) is 42.6 Å². The smallest absolute Gasteiger partial charge is 0.282 e. The second kappa shape index (κ2) is 12.0.